The van der Waals surface area contributed by atoms with Crippen molar-refractivity contribution in [2.45, 2.75) is 32.5 Å². The first-order valence-corrected chi connectivity index (χ1v) is 6.94. The molecule has 0 amide bonds. The second-order valence-corrected chi connectivity index (χ2v) is 5.10. The fraction of sp³-hybridized carbons (Fsp3) is 0.600. The molecule has 0 atom stereocenters. The van der Waals surface area contributed by atoms with Gasteiger partial charge in [-0.25, -0.2) is 0 Å². The van der Waals surface area contributed by atoms with Crippen LogP contribution < -0.4 is 5.32 Å². The van der Waals surface area contributed by atoms with Crippen LogP contribution in [0.15, 0.2) is 24.3 Å². The predicted octanol–water partition coefficient (Wildman–Crippen LogP) is 3.22. The molecule has 0 aliphatic rings. The van der Waals surface area contributed by atoms with Gasteiger partial charge >= 0.3 is 6.18 Å². The van der Waals surface area contributed by atoms with Crippen LogP contribution in [0.2, 0.25) is 0 Å². The SMILES string of the molecule is CCCNCCc1ccc(CN(C)CC(F)(F)F)cc1. The minimum absolute atomic E-state index is 0.313. The Labute approximate surface area is 119 Å². The highest BCUT2D eigenvalue weighted by Crippen LogP contribution is 2.17. The largest absolute Gasteiger partial charge is 0.401 e. The number of halogens is 3. The van der Waals surface area contributed by atoms with Gasteiger partial charge in [0.25, 0.3) is 0 Å². The van der Waals surface area contributed by atoms with Crippen LogP contribution in [0.3, 0.4) is 0 Å². The average molecular weight is 288 g/mol. The van der Waals surface area contributed by atoms with Gasteiger partial charge in [0.15, 0.2) is 0 Å². The van der Waals surface area contributed by atoms with E-state index in [4.69, 9.17) is 0 Å². The van der Waals surface area contributed by atoms with E-state index < -0.39 is 12.7 Å². The van der Waals surface area contributed by atoms with Crippen molar-refractivity contribution in [3.8, 4) is 0 Å². The second kappa shape index (κ2) is 8.27. The maximum Gasteiger partial charge on any atom is 0.401 e. The van der Waals surface area contributed by atoms with Crippen LogP contribution in [0.25, 0.3) is 0 Å². The van der Waals surface area contributed by atoms with E-state index in [2.05, 4.69) is 12.2 Å². The second-order valence-electron chi connectivity index (χ2n) is 5.10. The molecule has 0 unspecified atom stereocenters. The molecule has 1 N–H and O–H groups in total. The molecule has 0 fully saturated rings. The lowest BCUT2D eigenvalue weighted by atomic mass is 10.1. The fourth-order valence-corrected chi connectivity index (χ4v) is 2.02. The van der Waals surface area contributed by atoms with Crippen LogP contribution in [-0.4, -0.2) is 37.8 Å². The normalized spacial score (nSPS) is 12.1. The van der Waals surface area contributed by atoms with Crippen molar-refractivity contribution in [1.29, 1.82) is 0 Å². The maximum absolute atomic E-state index is 12.2. The van der Waals surface area contributed by atoms with E-state index in [-0.39, 0.29) is 0 Å². The Morgan fingerprint density at radius 1 is 1.05 bits per heavy atom. The molecule has 1 aromatic rings. The van der Waals surface area contributed by atoms with Crippen LogP contribution in [0.1, 0.15) is 24.5 Å². The molecule has 114 valence electrons. The molecule has 0 bridgehead atoms. The Hall–Kier alpha value is -1.07. The third-order valence-electron chi connectivity index (χ3n) is 2.94. The molecular weight excluding hydrogens is 265 g/mol. The van der Waals surface area contributed by atoms with Gasteiger partial charge in [0, 0.05) is 6.54 Å². The number of alkyl halides is 3. The molecule has 1 aromatic carbocycles. The van der Waals surface area contributed by atoms with Gasteiger partial charge in [0.2, 0.25) is 0 Å². The number of hydrogen-bond acceptors (Lipinski definition) is 2. The summed E-state index contributed by atoms with van der Waals surface area (Å²) in [6.45, 7) is 3.50. The molecule has 0 radical (unpaired) electrons. The van der Waals surface area contributed by atoms with Crippen molar-refractivity contribution in [2.75, 3.05) is 26.7 Å². The monoisotopic (exact) mass is 288 g/mol. The van der Waals surface area contributed by atoms with Crippen molar-refractivity contribution >= 4 is 0 Å². The number of benzene rings is 1. The lowest BCUT2D eigenvalue weighted by molar-refractivity contribution is -0.144. The molecule has 0 aliphatic carbocycles. The van der Waals surface area contributed by atoms with E-state index in [9.17, 15) is 13.2 Å². The summed E-state index contributed by atoms with van der Waals surface area (Å²) < 4.78 is 36.7. The summed E-state index contributed by atoms with van der Waals surface area (Å²) in [6, 6.07) is 7.79. The number of nitrogens with one attached hydrogen (secondary N) is 1. The van der Waals surface area contributed by atoms with Crippen molar-refractivity contribution in [3.63, 3.8) is 0 Å². The van der Waals surface area contributed by atoms with Crippen molar-refractivity contribution < 1.29 is 13.2 Å². The number of nitrogens with zero attached hydrogens (tertiary/aromatic N) is 1. The highest BCUT2D eigenvalue weighted by atomic mass is 19.4. The molecule has 0 heterocycles. The van der Waals surface area contributed by atoms with Gasteiger partial charge in [0.1, 0.15) is 0 Å². The maximum atomic E-state index is 12.2. The topological polar surface area (TPSA) is 15.3 Å². The van der Waals surface area contributed by atoms with Crippen LogP contribution in [0.5, 0.6) is 0 Å². The Morgan fingerprint density at radius 3 is 2.20 bits per heavy atom. The molecular formula is C15H23F3N2. The lowest BCUT2D eigenvalue weighted by Gasteiger charge is -2.18. The Kier molecular flexibility index (Phi) is 7.02. The fourth-order valence-electron chi connectivity index (χ4n) is 2.02. The first-order chi connectivity index (χ1) is 9.40. The van der Waals surface area contributed by atoms with Gasteiger partial charge < -0.3 is 5.32 Å². The zero-order valence-corrected chi connectivity index (χ0v) is 12.1. The molecule has 20 heavy (non-hydrogen) atoms. The molecule has 2 nitrogen and oxygen atoms in total. The zero-order chi connectivity index (χ0) is 15.0. The quantitative estimate of drug-likeness (QED) is 0.739. The minimum atomic E-state index is -4.14. The number of hydrogen-bond donors (Lipinski definition) is 1. The standard InChI is InChI=1S/C15H23F3N2/c1-3-9-19-10-8-13-4-6-14(7-5-13)11-20(2)12-15(16,17)18/h4-7,19H,3,8-12H2,1-2H3. The Morgan fingerprint density at radius 2 is 1.65 bits per heavy atom. The average Bonchev–Trinajstić information content (AvgIpc) is 2.34. The zero-order valence-electron chi connectivity index (χ0n) is 12.1. The first kappa shape index (κ1) is 17.0. The van der Waals surface area contributed by atoms with Gasteiger partial charge in [-0.2, -0.15) is 13.2 Å². The summed E-state index contributed by atoms with van der Waals surface area (Å²) >= 11 is 0. The number of rotatable bonds is 8. The van der Waals surface area contributed by atoms with E-state index in [1.807, 2.05) is 24.3 Å². The van der Waals surface area contributed by atoms with E-state index in [1.54, 1.807) is 0 Å². The van der Waals surface area contributed by atoms with Gasteiger partial charge in [-0.3, -0.25) is 4.90 Å². The molecule has 1 rings (SSSR count). The van der Waals surface area contributed by atoms with Crippen molar-refractivity contribution in [2.24, 2.45) is 0 Å². The first-order valence-electron chi connectivity index (χ1n) is 6.94. The third-order valence-corrected chi connectivity index (χ3v) is 2.94. The van der Waals surface area contributed by atoms with Gasteiger partial charge in [-0.1, -0.05) is 31.2 Å². The summed E-state index contributed by atoms with van der Waals surface area (Å²) in [5.41, 5.74) is 2.11. The molecule has 5 heteroatoms. The minimum Gasteiger partial charge on any atom is -0.316 e. The molecule has 0 spiro atoms. The molecule has 0 aromatic heterocycles. The summed E-state index contributed by atoms with van der Waals surface area (Å²) in [4.78, 5) is 1.28. The van der Waals surface area contributed by atoms with Gasteiger partial charge in [0.05, 0.1) is 6.54 Å². The molecule has 0 aliphatic heterocycles. The van der Waals surface area contributed by atoms with E-state index in [1.165, 1.54) is 17.5 Å². The third kappa shape index (κ3) is 7.50. The smallest absolute Gasteiger partial charge is 0.316 e. The van der Waals surface area contributed by atoms with Gasteiger partial charge in [-0.05, 0) is 44.1 Å². The summed E-state index contributed by atoms with van der Waals surface area (Å²) in [7, 11) is 1.48. The van der Waals surface area contributed by atoms with E-state index in [0.29, 0.717) is 6.54 Å². The Balaban J connectivity index is 2.38. The van der Waals surface area contributed by atoms with Crippen LogP contribution in [0, 0.1) is 0 Å². The van der Waals surface area contributed by atoms with Crippen LogP contribution >= 0.6 is 0 Å². The predicted molar refractivity (Wildman–Crippen MR) is 75.7 cm³/mol. The highest BCUT2D eigenvalue weighted by Gasteiger charge is 2.28. The van der Waals surface area contributed by atoms with Crippen LogP contribution in [-0.2, 0) is 13.0 Å². The molecule has 0 saturated carbocycles. The van der Waals surface area contributed by atoms with Crippen LogP contribution in [0.4, 0.5) is 13.2 Å². The summed E-state index contributed by atoms with van der Waals surface area (Å²) in [5.74, 6) is 0. The summed E-state index contributed by atoms with van der Waals surface area (Å²) in [6.07, 6.45) is -2.08. The van der Waals surface area contributed by atoms with Crippen molar-refractivity contribution in [1.82, 2.24) is 10.2 Å². The van der Waals surface area contributed by atoms with Gasteiger partial charge in [-0.15, -0.1) is 0 Å². The van der Waals surface area contributed by atoms with E-state index >= 15 is 0 Å². The highest BCUT2D eigenvalue weighted by molar-refractivity contribution is 5.22. The lowest BCUT2D eigenvalue weighted by Crippen LogP contribution is -2.30. The van der Waals surface area contributed by atoms with E-state index in [0.717, 1.165) is 31.5 Å². The molecule has 0 saturated heterocycles. The Bertz CT molecular complexity index is 374. The summed E-state index contributed by atoms with van der Waals surface area (Å²) in [5, 5.41) is 3.32. The van der Waals surface area contributed by atoms with Crippen molar-refractivity contribution in [3.05, 3.63) is 35.4 Å².